The number of fused-ring (bicyclic) bond motifs is 1. The highest BCUT2D eigenvalue weighted by Gasteiger charge is 2.20. The predicted octanol–water partition coefficient (Wildman–Crippen LogP) is 2.71. The molecule has 2 amide bonds. The third kappa shape index (κ3) is 4.30. The normalized spacial score (nSPS) is 14.9. The van der Waals surface area contributed by atoms with Crippen molar-refractivity contribution < 1.29 is 14.1 Å². The van der Waals surface area contributed by atoms with E-state index in [1.54, 1.807) is 24.3 Å². The second kappa shape index (κ2) is 8.05. The number of rotatable bonds is 4. The maximum absolute atomic E-state index is 12.6. The molecule has 0 atom stereocenters. The van der Waals surface area contributed by atoms with Crippen molar-refractivity contribution >= 4 is 28.5 Å². The SMILES string of the molecule is Cc1ccc2onc(CC(=O)Nc3ccc(C(=O)N4CCN(C)CC4)cc3)c2c1. The van der Waals surface area contributed by atoms with E-state index in [0.29, 0.717) is 22.5 Å². The van der Waals surface area contributed by atoms with E-state index in [1.807, 2.05) is 30.0 Å². The van der Waals surface area contributed by atoms with Crippen LogP contribution in [0.5, 0.6) is 0 Å². The van der Waals surface area contributed by atoms with E-state index in [0.717, 1.165) is 37.1 Å². The minimum absolute atomic E-state index is 0.0282. The number of aromatic nitrogens is 1. The number of hydrogen-bond acceptors (Lipinski definition) is 5. The van der Waals surface area contributed by atoms with Gasteiger partial charge in [0.1, 0.15) is 5.69 Å². The van der Waals surface area contributed by atoms with Gasteiger partial charge in [-0.2, -0.15) is 0 Å². The summed E-state index contributed by atoms with van der Waals surface area (Å²) < 4.78 is 5.29. The minimum atomic E-state index is -0.181. The molecule has 150 valence electrons. The van der Waals surface area contributed by atoms with Crippen molar-refractivity contribution in [2.24, 2.45) is 0 Å². The molecule has 0 bridgehead atoms. The lowest BCUT2D eigenvalue weighted by Gasteiger charge is -2.32. The van der Waals surface area contributed by atoms with E-state index in [1.165, 1.54) is 0 Å². The number of hydrogen-bond donors (Lipinski definition) is 1. The molecule has 1 fully saturated rings. The van der Waals surface area contributed by atoms with Crippen LogP contribution in [-0.4, -0.2) is 60.0 Å². The first-order valence-electron chi connectivity index (χ1n) is 9.72. The van der Waals surface area contributed by atoms with Crippen molar-refractivity contribution in [3.8, 4) is 0 Å². The standard InChI is InChI=1S/C22H24N4O3/c1-15-3-8-20-18(13-15)19(24-29-20)14-21(27)23-17-6-4-16(5-7-17)22(28)26-11-9-25(2)10-12-26/h3-8,13H,9-12,14H2,1-2H3,(H,23,27). The Morgan fingerprint density at radius 3 is 2.52 bits per heavy atom. The summed E-state index contributed by atoms with van der Waals surface area (Å²) in [7, 11) is 2.06. The lowest BCUT2D eigenvalue weighted by Crippen LogP contribution is -2.47. The minimum Gasteiger partial charge on any atom is -0.356 e. The Morgan fingerprint density at radius 2 is 1.79 bits per heavy atom. The van der Waals surface area contributed by atoms with Crippen LogP contribution in [0.2, 0.25) is 0 Å². The van der Waals surface area contributed by atoms with Gasteiger partial charge in [0.2, 0.25) is 5.91 Å². The maximum atomic E-state index is 12.6. The third-order valence-electron chi connectivity index (χ3n) is 5.23. The Balaban J connectivity index is 1.38. The van der Waals surface area contributed by atoms with E-state index in [2.05, 4.69) is 22.4 Å². The number of nitrogens with zero attached hydrogens (tertiary/aromatic N) is 3. The van der Waals surface area contributed by atoms with Crippen molar-refractivity contribution in [3.63, 3.8) is 0 Å². The molecule has 1 aliphatic heterocycles. The highest BCUT2D eigenvalue weighted by molar-refractivity contribution is 5.97. The smallest absolute Gasteiger partial charge is 0.253 e. The van der Waals surface area contributed by atoms with Crippen LogP contribution in [0.1, 0.15) is 21.6 Å². The Morgan fingerprint density at radius 1 is 1.07 bits per heavy atom. The zero-order chi connectivity index (χ0) is 20.4. The van der Waals surface area contributed by atoms with Gasteiger partial charge in [-0.3, -0.25) is 9.59 Å². The largest absolute Gasteiger partial charge is 0.356 e. The number of anilines is 1. The van der Waals surface area contributed by atoms with Gasteiger partial charge < -0.3 is 19.6 Å². The van der Waals surface area contributed by atoms with Gasteiger partial charge >= 0.3 is 0 Å². The summed E-state index contributed by atoms with van der Waals surface area (Å²) in [5, 5.41) is 7.74. The summed E-state index contributed by atoms with van der Waals surface area (Å²) in [5.41, 5.74) is 3.65. The van der Waals surface area contributed by atoms with E-state index < -0.39 is 0 Å². The van der Waals surface area contributed by atoms with Crippen LogP contribution in [0.25, 0.3) is 11.0 Å². The van der Waals surface area contributed by atoms with Crippen molar-refractivity contribution in [2.45, 2.75) is 13.3 Å². The first kappa shape index (κ1) is 19.1. The topological polar surface area (TPSA) is 78.7 Å². The predicted molar refractivity (Wildman–Crippen MR) is 111 cm³/mol. The molecule has 7 nitrogen and oxygen atoms in total. The monoisotopic (exact) mass is 392 g/mol. The highest BCUT2D eigenvalue weighted by Crippen LogP contribution is 2.21. The molecule has 1 aromatic heterocycles. The average Bonchev–Trinajstić information content (AvgIpc) is 3.10. The first-order valence-corrected chi connectivity index (χ1v) is 9.72. The van der Waals surface area contributed by atoms with Gasteiger partial charge in [0.25, 0.3) is 5.91 Å². The molecule has 0 aliphatic carbocycles. The molecule has 7 heteroatoms. The number of carbonyl (C=O) groups excluding carboxylic acids is 2. The first-order chi connectivity index (χ1) is 14.0. The fraction of sp³-hybridized carbons (Fsp3) is 0.318. The summed E-state index contributed by atoms with van der Waals surface area (Å²) in [6.45, 7) is 5.23. The van der Waals surface area contributed by atoms with Crippen LogP contribution in [0.3, 0.4) is 0 Å². The van der Waals surface area contributed by atoms with Gasteiger partial charge in [-0.25, -0.2) is 0 Å². The molecule has 0 saturated carbocycles. The fourth-order valence-electron chi connectivity index (χ4n) is 3.48. The van der Waals surface area contributed by atoms with E-state index in [9.17, 15) is 9.59 Å². The Labute approximate surface area is 169 Å². The van der Waals surface area contributed by atoms with Crippen LogP contribution < -0.4 is 5.32 Å². The molecule has 29 heavy (non-hydrogen) atoms. The lowest BCUT2D eigenvalue weighted by molar-refractivity contribution is -0.115. The molecule has 4 rings (SSSR count). The molecule has 2 heterocycles. The number of likely N-dealkylation sites (N-methyl/N-ethyl adjacent to an activating group) is 1. The van der Waals surface area contributed by atoms with Gasteiger partial charge in [0.15, 0.2) is 5.58 Å². The zero-order valence-corrected chi connectivity index (χ0v) is 16.6. The number of nitrogens with one attached hydrogen (secondary N) is 1. The van der Waals surface area contributed by atoms with Gasteiger partial charge in [-0.1, -0.05) is 16.8 Å². The van der Waals surface area contributed by atoms with Gasteiger partial charge in [-0.05, 0) is 50.4 Å². The number of carbonyl (C=O) groups is 2. The van der Waals surface area contributed by atoms with Crippen molar-refractivity contribution in [2.75, 3.05) is 38.5 Å². The molecule has 0 spiro atoms. The third-order valence-corrected chi connectivity index (χ3v) is 5.23. The summed E-state index contributed by atoms with van der Waals surface area (Å²) in [6, 6.07) is 12.8. The Bertz CT molecular complexity index is 1030. The maximum Gasteiger partial charge on any atom is 0.253 e. The van der Waals surface area contributed by atoms with Crippen molar-refractivity contribution in [3.05, 3.63) is 59.3 Å². The molecule has 0 unspecified atom stereocenters. The Hall–Kier alpha value is -3.19. The van der Waals surface area contributed by atoms with Gasteiger partial charge in [0.05, 0.1) is 6.42 Å². The average molecular weight is 392 g/mol. The van der Waals surface area contributed by atoms with Gasteiger partial charge in [-0.15, -0.1) is 0 Å². The van der Waals surface area contributed by atoms with Crippen LogP contribution in [0.4, 0.5) is 5.69 Å². The van der Waals surface area contributed by atoms with E-state index >= 15 is 0 Å². The molecule has 2 aromatic carbocycles. The highest BCUT2D eigenvalue weighted by atomic mass is 16.5. The number of aryl methyl sites for hydroxylation is 1. The molecule has 1 saturated heterocycles. The summed E-state index contributed by atoms with van der Waals surface area (Å²) in [6.07, 6.45) is 0.123. The Kier molecular flexibility index (Phi) is 5.31. The van der Waals surface area contributed by atoms with Crippen LogP contribution in [-0.2, 0) is 11.2 Å². The second-order valence-corrected chi connectivity index (χ2v) is 7.53. The molecule has 0 radical (unpaired) electrons. The van der Waals surface area contributed by atoms with E-state index in [-0.39, 0.29) is 18.2 Å². The van der Waals surface area contributed by atoms with Crippen molar-refractivity contribution in [1.29, 1.82) is 0 Å². The van der Waals surface area contributed by atoms with Crippen LogP contribution in [0.15, 0.2) is 47.0 Å². The van der Waals surface area contributed by atoms with Crippen LogP contribution in [0, 0.1) is 6.92 Å². The molecule has 1 N–H and O–H groups in total. The molecule has 1 aliphatic rings. The molecular weight excluding hydrogens is 368 g/mol. The number of amides is 2. The summed E-state index contributed by atoms with van der Waals surface area (Å²) in [4.78, 5) is 29.1. The fourth-order valence-corrected chi connectivity index (χ4v) is 3.48. The van der Waals surface area contributed by atoms with Gasteiger partial charge in [0, 0.05) is 42.8 Å². The van der Waals surface area contributed by atoms with Crippen molar-refractivity contribution in [1.82, 2.24) is 15.0 Å². The van der Waals surface area contributed by atoms with E-state index in [4.69, 9.17) is 4.52 Å². The summed E-state index contributed by atoms with van der Waals surface area (Å²) >= 11 is 0. The second-order valence-electron chi connectivity index (χ2n) is 7.53. The summed E-state index contributed by atoms with van der Waals surface area (Å²) in [5.74, 6) is -0.153. The molecule has 3 aromatic rings. The number of piperazine rings is 1. The number of benzene rings is 2. The molecular formula is C22H24N4O3. The van der Waals surface area contributed by atoms with Crippen LogP contribution >= 0.6 is 0 Å². The zero-order valence-electron chi connectivity index (χ0n) is 16.6. The lowest BCUT2D eigenvalue weighted by atomic mass is 10.1. The quantitative estimate of drug-likeness (QED) is 0.739.